The third-order valence-electron chi connectivity index (χ3n) is 3.71. The summed E-state index contributed by atoms with van der Waals surface area (Å²) in [4.78, 5) is 6.64. The van der Waals surface area contributed by atoms with Gasteiger partial charge in [-0.05, 0) is 24.9 Å². The summed E-state index contributed by atoms with van der Waals surface area (Å²) in [7, 11) is 0. The first-order valence-corrected chi connectivity index (χ1v) is 6.51. The molecule has 1 unspecified atom stereocenters. The summed E-state index contributed by atoms with van der Waals surface area (Å²) in [5, 5.41) is 0. The van der Waals surface area contributed by atoms with Crippen LogP contribution in [-0.2, 0) is 11.3 Å². The molecule has 2 heterocycles. The van der Waals surface area contributed by atoms with Crippen molar-refractivity contribution in [1.29, 1.82) is 0 Å². The molecule has 18 heavy (non-hydrogen) atoms. The Balaban J connectivity index is 1.65. The SMILES string of the molecule is NC1=NCC2(CCCN(Cc3ccccc3)C2)O1. The summed E-state index contributed by atoms with van der Waals surface area (Å²) < 4.78 is 5.74. The van der Waals surface area contributed by atoms with Crippen LogP contribution in [0.1, 0.15) is 18.4 Å². The second-order valence-electron chi connectivity index (χ2n) is 5.24. The molecule has 0 aromatic heterocycles. The third-order valence-corrected chi connectivity index (χ3v) is 3.71. The van der Waals surface area contributed by atoms with Gasteiger partial charge in [-0.1, -0.05) is 30.3 Å². The molecule has 2 N–H and O–H groups in total. The number of benzene rings is 1. The number of likely N-dealkylation sites (tertiary alicyclic amines) is 1. The average Bonchev–Trinajstić information content (AvgIpc) is 2.72. The van der Waals surface area contributed by atoms with Gasteiger partial charge in [0.05, 0.1) is 6.54 Å². The Morgan fingerprint density at radius 1 is 1.33 bits per heavy atom. The van der Waals surface area contributed by atoms with Crippen LogP contribution in [0.4, 0.5) is 0 Å². The standard InChI is InChI=1S/C14H19N3O/c15-13-16-10-14(18-13)7-4-8-17(11-14)9-12-5-2-1-3-6-12/h1-3,5-6H,4,7-11H2,(H2,15,16). The number of nitrogens with zero attached hydrogens (tertiary/aromatic N) is 2. The van der Waals surface area contributed by atoms with E-state index in [9.17, 15) is 0 Å². The monoisotopic (exact) mass is 245 g/mol. The maximum Gasteiger partial charge on any atom is 0.282 e. The van der Waals surface area contributed by atoms with Gasteiger partial charge in [0.25, 0.3) is 6.02 Å². The summed E-state index contributed by atoms with van der Waals surface area (Å²) in [6.07, 6.45) is 2.21. The molecule has 2 aliphatic heterocycles. The van der Waals surface area contributed by atoms with Crippen LogP contribution < -0.4 is 5.73 Å². The molecule has 0 saturated carbocycles. The van der Waals surface area contributed by atoms with Crippen LogP contribution in [0.15, 0.2) is 35.3 Å². The van der Waals surface area contributed by atoms with Crippen molar-refractivity contribution >= 4 is 6.02 Å². The number of rotatable bonds is 2. The number of hydrogen-bond donors (Lipinski definition) is 1. The number of piperidine rings is 1. The van der Waals surface area contributed by atoms with E-state index in [1.807, 2.05) is 0 Å². The van der Waals surface area contributed by atoms with Gasteiger partial charge in [-0.25, -0.2) is 4.99 Å². The minimum absolute atomic E-state index is 0.156. The van der Waals surface area contributed by atoms with E-state index in [2.05, 4.69) is 40.2 Å². The molecule has 0 amide bonds. The highest BCUT2D eigenvalue weighted by Crippen LogP contribution is 2.29. The van der Waals surface area contributed by atoms with Gasteiger partial charge in [-0.3, -0.25) is 4.90 Å². The molecule has 1 atom stereocenters. The van der Waals surface area contributed by atoms with Gasteiger partial charge in [0.15, 0.2) is 0 Å². The van der Waals surface area contributed by atoms with Gasteiger partial charge in [0.2, 0.25) is 0 Å². The molecule has 0 radical (unpaired) electrons. The molecule has 1 aromatic carbocycles. The van der Waals surface area contributed by atoms with Crippen LogP contribution in [0.25, 0.3) is 0 Å². The van der Waals surface area contributed by atoms with E-state index in [1.165, 1.54) is 5.56 Å². The topological polar surface area (TPSA) is 50.8 Å². The highest BCUT2D eigenvalue weighted by molar-refractivity contribution is 5.73. The summed E-state index contributed by atoms with van der Waals surface area (Å²) in [6.45, 7) is 3.74. The first kappa shape index (κ1) is 11.5. The predicted octanol–water partition coefficient (Wildman–Crippen LogP) is 1.37. The van der Waals surface area contributed by atoms with Crippen molar-refractivity contribution in [3.05, 3.63) is 35.9 Å². The van der Waals surface area contributed by atoms with E-state index in [-0.39, 0.29) is 5.60 Å². The second kappa shape index (κ2) is 4.61. The zero-order valence-corrected chi connectivity index (χ0v) is 10.5. The number of amidine groups is 1. The Bertz CT molecular complexity index is 446. The normalized spacial score (nSPS) is 28.1. The minimum atomic E-state index is -0.156. The molecule has 2 aliphatic rings. The lowest BCUT2D eigenvalue weighted by Gasteiger charge is -2.38. The van der Waals surface area contributed by atoms with Gasteiger partial charge in [0.1, 0.15) is 5.60 Å². The first-order chi connectivity index (χ1) is 8.76. The molecule has 0 aliphatic carbocycles. The quantitative estimate of drug-likeness (QED) is 0.856. The molecule has 1 aromatic rings. The molecule has 1 saturated heterocycles. The zero-order valence-electron chi connectivity index (χ0n) is 10.5. The number of aliphatic imine (C=N–C) groups is 1. The number of ether oxygens (including phenoxy) is 1. The lowest BCUT2D eigenvalue weighted by Crippen LogP contribution is -2.50. The molecule has 4 nitrogen and oxygen atoms in total. The Labute approximate surface area is 107 Å². The Morgan fingerprint density at radius 2 is 2.17 bits per heavy atom. The maximum absolute atomic E-state index is 5.74. The molecule has 96 valence electrons. The third kappa shape index (κ3) is 2.34. The van der Waals surface area contributed by atoms with Crippen molar-refractivity contribution in [3.63, 3.8) is 0 Å². The van der Waals surface area contributed by atoms with Crippen molar-refractivity contribution in [2.24, 2.45) is 10.7 Å². The van der Waals surface area contributed by atoms with Crippen LogP contribution in [0.5, 0.6) is 0 Å². The van der Waals surface area contributed by atoms with Gasteiger partial charge >= 0.3 is 0 Å². The molecular formula is C14H19N3O. The van der Waals surface area contributed by atoms with E-state index in [0.29, 0.717) is 12.6 Å². The Morgan fingerprint density at radius 3 is 2.89 bits per heavy atom. The maximum atomic E-state index is 5.74. The predicted molar refractivity (Wildman–Crippen MR) is 71.3 cm³/mol. The largest absolute Gasteiger partial charge is 0.455 e. The van der Waals surface area contributed by atoms with E-state index >= 15 is 0 Å². The van der Waals surface area contributed by atoms with Crippen molar-refractivity contribution in [1.82, 2.24) is 4.90 Å². The highest BCUT2D eigenvalue weighted by atomic mass is 16.5. The fourth-order valence-electron chi connectivity index (χ4n) is 2.89. The fourth-order valence-corrected chi connectivity index (χ4v) is 2.89. The molecule has 4 heteroatoms. The van der Waals surface area contributed by atoms with Crippen LogP contribution in [0.3, 0.4) is 0 Å². The van der Waals surface area contributed by atoms with Gasteiger partial charge in [-0.15, -0.1) is 0 Å². The average molecular weight is 245 g/mol. The molecule has 0 bridgehead atoms. The smallest absolute Gasteiger partial charge is 0.282 e. The molecule has 3 rings (SSSR count). The van der Waals surface area contributed by atoms with Gasteiger partial charge in [0, 0.05) is 13.1 Å². The van der Waals surface area contributed by atoms with E-state index in [0.717, 1.165) is 32.5 Å². The zero-order chi connectivity index (χ0) is 12.4. The van der Waals surface area contributed by atoms with Crippen molar-refractivity contribution in [3.8, 4) is 0 Å². The first-order valence-electron chi connectivity index (χ1n) is 6.51. The molecule has 1 fully saturated rings. The van der Waals surface area contributed by atoms with Crippen LogP contribution in [0.2, 0.25) is 0 Å². The summed E-state index contributed by atoms with van der Waals surface area (Å²) >= 11 is 0. The van der Waals surface area contributed by atoms with E-state index < -0.39 is 0 Å². The van der Waals surface area contributed by atoms with Gasteiger partial charge < -0.3 is 10.5 Å². The Kier molecular flexibility index (Phi) is 2.96. The molecular weight excluding hydrogens is 226 g/mol. The van der Waals surface area contributed by atoms with Crippen LogP contribution in [-0.4, -0.2) is 36.2 Å². The van der Waals surface area contributed by atoms with Crippen molar-refractivity contribution in [2.45, 2.75) is 25.0 Å². The summed E-state index contributed by atoms with van der Waals surface area (Å²) in [5.74, 6) is 0. The second-order valence-corrected chi connectivity index (χ2v) is 5.24. The van der Waals surface area contributed by atoms with E-state index in [4.69, 9.17) is 10.5 Å². The summed E-state index contributed by atoms with van der Waals surface area (Å²) in [6, 6.07) is 10.9. The van der Waals surface area contributed by atoms with Crippen molar-refractivity contribution in [2.75, 3.05) is 19.6 Å². The molecule has 1 spiro atoms. The van der Waals surface area contributed by atoms with Gasteiger partial charge in [-0.2, -0.15) is 0 Å². The summed E-state index contributed by atoms with van der Waals surface area (Å²) in [5.41, 5.74) is 6.84. The van der Waals surface area contributed by atoms with Crippen LogP contribution in [0, 0.1) is 0 Å². The number of hydrogen-bond acceptors (Lipinski definition) is 4. The highest BCUT2D eigenvalue weighted by Gasteiger charge is 2.41. The number of nitrogens with two attached hydrogens (primary N) is 1. The lowest BCUT2D eigenvalue weighted by atomic mass is 9.92. The minimum Gasteiger partial charge on any atom is -0.455 e. The van der Waals surface area contributed by atoms with E-state index in [1.54, 1.807) is 0 Å². The Hall–Kier alpha value is -1.55. The van der Waals surface area contributed by atoms with Crippen molar-refractivity contribution < 1.29 is 4.74 Å². The fraction of sp³-hybridized carbons (Fsp3) is 0.500. The lowest BCUT2D eigenvalue weighted by molar-refractivity contribution is -0.000105. The van der Waals surface area contributed by atoms with Crippen LogP contribution >= 0.6 is 0 Å².